The number of sulfonamides is 1. The van der Waals surface area contributed by atoms with E-state index in [1.807, 2.05) is 0 Å². The Morgan fingerprint density at radius 3 is 2.56 bits per heavy atom. The van der Waals surface area contributed by atoms with Gasteiger partial charge in [0.2, 0.25) is 10.0 Å². The van der Waals surface area contributed by atoms with Crippen molar-refractivity contribution in [1.29, 1.82) is 0 Å². The zero-order valence-electron chi connectivity index (χ0n) is 10.4. The second kappa shape index (κ2) is 5.44. The molecule has 0 fully saturated rings. The topological polar surface area (TPSA) is 75.6 Å². The molecule has 0 bridgehead atoms. The quantitative estimate of drug-likeness (QED) is 0.860. The Balaban J connectivity index is 3.08. The number of aliphatic hydroxyl groups is 1. The van der Waals surface area contributed by atoms with E-state index in [0.29, 0.717) is 5.02 Å². The van der Waals surface area contributed by atoms with Crippen LogP contribution in [0.5, 0.6) is 5.75 Å². The first-order valence-corrected chi connectivity index (χ1v) is 7.07. The molecule has 0 saturated heterocycles. The Kier molecular flexibility index (Phi) is 4.61. The van der Waals surface area contributed by atoms with E-state index in [1.165, 1.54) is 39.2 Å². The average Bonchev–Trinajstić information content (AvgIpc) is 2.26. The maximum Gasteiger partial charge on any atom is 0.244 e. The van der Waals surface area contributed by atoms with Crippen LogP contribution in [0.15, 0.2) is 23.1 Å². The Morgan fingerprint density at radius 2 is 2.06 bits per heavy atom. The summed E-state index contributed by atoms with van der Waals surface area (Å²) < 4.78 is 31.4. The number of methoxy groups -OCH3 is 1. The van der Waals surface area contributed by atoms with Crippen molar-refractivity contribution in [3.8, 4) is 5.75 Å². The molecule has 102 valence electrons. The Morgan fingerprint density at radius 1 is 1.44 bits per heavy atom. The van der Waals surface area contributed by atoms with E-state index in [9.17, 15) is 13.5 Å². The van der Waals surface area contributed by atoms with Crippen LogP contribution in [0.2, 0.25) is 5.02 Å². The molecule has 0 heterocycles. The third-order valence-corrected chi connectivity index (χ3v) is 3.77. The molecule has 0 aliphatic carbocycles. The average molecular weight is 294 g/mol. The molecule has 0 atom stereocenters. The largest absolute Gasteiger partial charge is 0.495 e. The van der Waals surface area contributed by atoms with Crippen LogP contribution in [0, 0.1) is 0 Å². The Bertz CT molecular complexity index is 522. The summed E-state index contributed by atoms with van der Waals surface area (Å²) in [6, 6.07) is 4.31. The van der Waals surface area contributed by atoms with Crippen LogP contribution in [0.3, 0.4) is 0 Å². The van der Waals surface area contributed by atoms with Crippen LogP contribution in [0.1, 0.15) is 13.8 Å². The summed E-state index contributed by atoms with van der Waals surface area (Å²) in [5.74, 6) is 0.197. The number of ether oxygens (including phenoxy) is 1. The highest BCUT2D eigenvalue weighted by molar-refractivity contribution is 7.89. The fourth-order valence-corrected chi connectivity index (χ4v) is 2.84. The molecule has 7 heteroatoms. The lowest BCUT2D eigenvalue weighted by molar-refractivity contribution is 0.0857. The molecule has 0 saturated carbocycles. The molecular formula is C11H16ClNO4S. The Hall–Kier alpha value is -0.820. The van der Waals surface area contributed by atoms with Crippen LogP contribution >= 0.6 is 11.6 Å². The van der Waals surface area contributed by atoms with Crippen molar-refractivity contribution in [1.82, 2.24) is 4.72 Å². The maximum atomic E-state index is 12.0. The van der Waals surface area contributed by atoms with Crippen LogP contribution in [0.4, 0.5) is 0 Å². The lowest BCUT2D eigenvalue weighted by Crippen LogP contribution is -2.38. The molecule has 1 rings (SSSR count). The molecule has 0 spiro atoms. The Labute approximate surface area is 112 Å². The van der Waals surface area contributed by atoms with Gasteiger partial charge in [-0.05, 0) is 32.0 Å². The standard InChI is InChI=1S/C11H16ClNO4S/c1-11(2,14)7-13-18(15,16)10-6-8(12)4-5-9(10)17-3/h4-6,13-14H,7H2,1-3H3. The molecule has 0 unspecified atom stereocenters. The van der Waals surface area contributed by atoms with E-state index in [1.54, 1.807) is 0 Å². The van der Waals surface area contributed by atoms with Crippen LogP contribution < -0.4 is 9.46 Å². The molecular weight excluding hydrogens is 278 g/mol. The molecule has 5 nitrogen and oxygen atoms in total. The predicted octanol–water partition coefficient (Wildman–Crippen LogP) is 1.40. The van der Waals surface area contributed by atoms with Crippen molar-refractivity contribution in [2.45, 2.75) is 24.3 Å². The van der Waals surface area contributed by atoms with Crippen LogP contribution in [0.25, 0.3) is 0 Å². The minimum absolute atomic E-state index is 0.0539. The number of rotatable bonds is 5. The van der Waals surface area contributed by atoms with Crippen LogP contribution in [-0.2, 0) is 10.0 Å². The number of nitrogens with one attached hydrogen (secondary N) is 1. The summed E-state index contributed by atoms with van der Waals surface area (Å²) in [5, 5.41) is 9.82. The minimum atomic E-state index is -3.78. The summed E-state index contributed by atoms with van der Waals surface area (Å²) in [5.41, 5.74) is -1.14. The van der Waals surface area contributed by atoms with Gasteiger partial charge in [-0.25, -0.2) is 13.1 Å². The molecule has 0 amide bonds. The lowest BCUT2D eigenvalue weighted by Gasteiger charge is -2.18. The van der Waals surface area contributed by atoms with Crippen LogP contribution in [-0.4, -0.2) is 32.8 Å². The highest BCUT2D eigenvalue weighted by Crippen LogP contribution is 2.26. The second-order valence-corrected chi connectivity index (χ2v) is 6.60. The number of benzene rings is 1. The third kappa shape index (κ3) is 4.13. The first kappa shape index (κ1) is 15.2. The molecule has 0 aromatic heterocycles. The maximum absolute atomic E-state index is 12.0. The molecule has 1 aromatic rings. The van der Waals surface area contributed by atoms with Crippen molar-refractivity contribution in [3.63, 3.8) is 0 Å². The van der Waals surface area contributed by atoms with E-state index in [-0.39, 0.29) is 17.2 Å². The van der Waals surface area contributed by atoms with Gasteiger partial charge in [0.25, 0.3) is 0 Å². The smallest absolute Gasteiger partial charge is 0.244 e. The molecule has 18 heavy (non-hydrogen) atoms. The fraction of sp³-hybridized carbons (Fsp3) is 0.455. The fourth-order valence-electron chi connectivity index (χ4n) is 1.21. The SMILES string of the molecule is COc1ccc(Cl)cc1S(=O)(=O)NCC(C)(C)O. The third-order valence-electron chi connectivity index (χ3n) is 2.11. The van der Waals surface area contributed by atoms with Gasteiger partial charge in [-0.2, -0.15) is 0 Å². The summed E-state index contributed by atoms with van der Waals surface area (Å²) in [6.07, 6.45) is 0. The number of halogens is 1. The van der Waals surface area contributed by atoms with Gasteiger partial charge in [0.1, 0.15) is 10.6 Å². The van der Waals surface area contributed by atoms with Gasteiger partial charge < -0.3 is 9.84 Å². The van der Waals surface area contributed by atoms with Gasteiger partial charge in [-0.15, -0.1) is 0 Å². The molecule has 2 N–H and O–H groups in total. The second-order valence-electron chi connectivity index (χ2n) is 4.43. The van der Waals surface area contributed by atoms with Gasteiger partial charge in [-0.3, -0.25) is 0 Å². The van der Waals surface area contributed by atoms with Gasteiger partial charge in [0, 0.05) is 11.6 Å². The normalized spacial score (nSPS) is 12.5. The lowest BCUT2D eigenvalue weighted by atomic mass is 10.1. The highest BCUT2D eigenvalue weighted by Gasteiger charge is 2.23. The van der Waals surface area contributed by atoms with E-state index >= 15 is 0 Å². The minimum Gasteiger partial charge on any atom is -0.495 e. The predicted molar refractivity (Wildman–Crippen MR) is 69.5 cm³/mol. The van der Waals surface area contributed by atoms with E-state index < -0.39 is 15.6 Å². The van der Waals surface area contributed by atoms with Crippen molar-refractivity contribution in [3.05, 3.63) is 23.2 Å². The molecule has 0 aliphatic rings. The summed E-state index contributed by atoms with van der Waals surface area (Å²) >= 11 is 5.77. The van der Waals surface area contributed by atoms with Crippen molar-refractivity contribution < 1.29 is 18.3 Å². The molecule has 0 radical (unpaired) electrons. The summed E-state index contributed by atoms with van der Waals surface area (Å²) in [6.45, 7) is 2.90. The first-order valence-electron chi connectivity index (χ1n) is 5.21. The number of hydrogen-bond acceptors (Lipinski definition) is 4. The highest BCUT2D eigenvalue weighted by atomic mass is 35.5. The zero-order valence-corrected chi connectivity index (χ0v) is 12.0. The van der Waals surface area contributed by atoms with Gasteiger partial charge in [-0.1, -0.05) is 11.6 Å². The van der Waals surface area contributed by atoms with Gasteiger partial charge in [0.15, 0.2) is 0 Å². The summed E-state index contributed by atoms with van der Waals surface area (Å²) in [4.78, 5) is -0.0539. The van der Waals surface area contributed by atoms with E-state index in [2.05, 4.69) is 4.72 Å². The van der Waals surface area contributed by atoms with Gasteiger partial charge >= 0.3 is 0 Å². The first-order chi connectivity index (χ1) is 8.15. The van der Waals surface area contributed by atoms with Crippen molar-refractivity contribution >= 4 is 21.6 Å². The van der Waals surface area contributed by atoms with E-state index in [4.69, 9.17) is 16.3 Å². The molecule has 0 aliphatic heterocycles. The number of hydrogen-bond donors (Lipinski definition) is 2. The monoisotopic (exact) mass is 293 g/mol. The van der Waals surface area contributed by atoms with Crippen molar-refractivity contribution in [2.24, 2.45) is 0 Å². The van der Waals surface area contributed by atoms with Gasteiger partial charge in [0.05, 0.1) is 12.7 Å². The molecule has 1 aromatic carbocycles. The summed E-state index contributed by atoms with van der Waals surface area (Å²) in [7, 11) is -2.40. The zero-order chi connectivity index (χ0) is 14.0. The van der Waals surface area contributed by atoms with E-state index in [0.717, 1.165) is 0 Å². The van der Waals surface area contributed by atoms with Crippen molar-refractivity contribution in [2.75, 3.05) is 13.7 Å².